The highest BCUT2D eigenvalue weighted by Crippen LogP contribution is 2.32. The maximum atomic E-state index is 12.7. The van der Waals surface area contributed by atoms with Crippen LogP contribution in [0.5, 0.6) is 0 Å². The Labute approximate surface area is 159 Å². The Morgan fingerprint density at radius 3 is 2.38 bits per heavy atom. The fourth-order valence-corrected chi connectivity index (χ4v) is 2.60. The first-order valence-electron chi connectivity index (χ1n) is 8.15. The van der Waals surface area contributed by atoms with E-state index in [2.05, 4.69) is 31.2 Å². The largest absolute Gasteiger partial charge is 0.416 e. The number of para-hydroxylation sites is 1. The number of anilines is 2. The maximum absolute atomic E-state index is 12.7. The van der Waals surface area contributed by atoms with Gasteiger partial charge in [-0.3, -0.25) is 0 Å². The van der Waals surface area contributed by atoms with Crippen molar-refractivity contribution in [2.75, 3.05) is 11.9 Å². The number of halogens is 4. The molecule has 2 aromatic rings. The average Bonchev–Trinajstić information content (AvgIpc) is 3.06. The summed E-state index contributed by atoms with van der Waals surface area (Å²) in [4.78, 5) is 4.60. The first kappa shape index (κ1) is 20.3. The summed E-state index contributed by atoms with van der Waals surface area (Å²) in [5.74, 6) is 0.296. The van der Waals surface area contributed by atoms with Crippen molar-refractivity contribution in [1.82, 2.24) is 0 Å². The van der Waals surface area contributed by atoms with Crippen LogP contribution >= 0.6 is 15.9 Å². The third-order valence-electron chi connectivity index (χ3n) is 3.61. The number of alkyl halides is 3. The quantitative estimate of drug-likeness (QED) is 0.590. The number of nitrogens with one attached hydrogen (secondary N) is 1. The molecule has 3 nitrogen and oxygen atoms in total. The van der Waals surface area contributed by atoms with Crippen LogP contribution in [0.25, 0.3) is 0 Å². The van der Waals surface area contributed by atoms with Gasteiger partial charge in [0, 0.05) is 17.8 Å². The van der Waals surface area contributed by atoms with E-state index < -0.39 is 11.7 Å². The van der Waals surface area contributed by atoms with Gasteiger partial charge >= 0.3 is 6.18 Å². The number of benzene rings is 2. The van der Waals surface area contributed by atoms with Crippen molar-refractivity contribution in [1.29, 1.82) is 0 Å². The number of rotatable bonds is 3. The van der Waals surface area contributed by atoms with E-state index in [-0.39, 0.29) is 0 Å². The summed E-state index contributed by atoms with van der Waals surface area (Å²) in [6, 6.07) is 12.9. The van der Waals surface area contributed by atoms with Gasteiger partial charge in [-0.05, 0) is 51.7 Å². The Morgan fingerprint density at radius 2 is 1.85 bits per heavy atom. The Balaban J connectivity index is 0.000000342. The molecule has 2 aromatic carbocycles. The van der Waals surface area contributed by atoms with Gasteiger partial charge in [0.05, 0.1) is 5.56 Å². The van der Waals surface area contributed by atoms with Gasteiger partial charge in [-0.15, -0.1) is 0 Å². The van der Waals surface area contributed by atoms with Crippen LogP contribution < -0.4 is 5.32 Å². The second-order valence-electron chi connectivity index (χ2n) is 6.00. The highest BCUT2D eigenvalue weighted by atomic mass is 79.9. The van der Waals surface area contributed by atoms with Crippen molar-refractivity contribution in [2.24, 2.45) is 5.16 Å². The smallest absolute Gasteiger partial charge is 0.395 e. The number of hydrogen-bond donors (Lipinski definition) is 1. The molecular formula is C19H20BrF3N2O. The Kier molecular flexibility index (Phi) is 7.08. The molecule has 0 atom stereocenters. The van der Waals surface area contributed by atoms with Gasteiger partial charge in [0.2, 0.25) is 0 Å². The van der Waals surface area contributed by atoms with E-state index in [1.165, 1.54) is 6.07 Å². The first-order valence-corrected chi connectivity index (χ1v) is 8.94. The predicted octanol–water partition coefficient (Wildman–Crippen LogP) is 6.69. The minimum atomic E-state index is -4.32. The molecule has 0 saturated carbocycles. The number of hydrogen-bond acceptors (Lipinski definition) is 3. The zero-order valence-corrected chi connectivity index (χ0v) is 16.1. The monoisotopic (exact) mass is 428 g/mol. The molecule has 7 heteroatoms. The molecule has 0 amide bonds. The molecule has 140 valence electrons. The van der Waals surface area contributed by atoms with Crippen LogP contribution in [0.4, 0.5) is 24.5 Å². The van der Waals surface area contributed by atoms with Gasteiger partial charge in [0.1, 0.15) is 11.2 Å². The molecule has 0 aromatic heterocycles. The Hall–Kier alpha value is -2.02. The van der Waals surface area contributed by atoms with Crippen molar-refractivity contribution < 1.29 is 18.0 Å². The second kappa shape index (κ2) is 9.07. The van der Waals surface area contributed by atoms with Gasteiger partial charge < -0.3 is 10.2 Å². The van der Waals surface area contributed by atoms with Gasteiger partial charge in [-0.25, -0.2) is 0 Å². The number of oxime groups is 1. The van der Waals surface area contributed by atoms with Gasteiger partial charge in [0.25, 0.3) is 0 Å². The van der Waals surface area contributed by atoms with E-state index in [0.29, 0.717) is 11.6 Å². The van der Waals surface area contributed by atoms with Gasteiger partial charge in [-0.1, -0.05) is 43.3 Å². The summed E-state index contributed by atoms with van der Waals surface area (Å²) in [5.41, 5.74) is 1.70. The molecule has 1 aliphatic rings. The van der Waals surface area contributed by atoms with Crippen LogP contribution in [0.15, 0.2) is 53.7 Å². The summed E-state index contributed by atoms with van der Waals surface area (Å²) in [5, 5.41) is 6.64. The van der Waals surface area contributed by atoms with Crippen LogP contribution in [-0.2, 0) is 11.0 Å². The molecule has 0 unspecified atom stereocenters. The lowest BCUT2D eigenvalue weighted by Crippen LogP contribution is -2.05. The summed E-state index contributed by atoms with van der Waals surface area (Å²) >= 11 is 3.16. The molecule has 0 aliphatic carbocycles. The third kappa shape index (κ3) is 6.05. The second-order valence-corrected chi connectivity index (χ2v) is 6.91. The topological polar surface area (TPSA) is 33.6 Å². The molecule has 1 heterocycles. The maximum Gasteiger partial charge on any atom is 0.416 e. The van der Waals surface area contributed by atoms with Crippen molar-refractivity contribution >= 4 is 31.9 Å². The fourth-order valence-electron chi connectivity index (χ4n) is 2.33. The molecule has 1 N–H and O–H groups in total. The molecule has 3 rings (SSSR count). The van der Waals surface area contributed by atoms with Gasteiger partial charge in [0.15, 0.2) is 0 Å². The Morgan fingerprint density at radius 1 is 1.12 bits per heavy atom. The van der Waals surface area contributed by atoms with Crippen molar-refractivity contribution in [2.45, 2.75) is 32.4 Å². The van der Waals surface area contributed by atoms with Crippen molar-refractivity contribution in [3.8, 4) is 0 Å². The molecule has 0 radical (unpaired) electrons. The molecule has 26 heavy (non-hydrogen) atoms. The Bertz CT molecular complexity index is 760. The SMILES string of the molecule is BrC1=NOCC1.CC(C)c1ccccc1Nc1cccc(C(F)(F)F)c1. The molecule has 1 aliphatic heterocycles. The molecule has 0 fully saturated rings. The molecule has 0 spiro atoms. The van der Waals surface area contributed by atoms with Crippen LogP contribution in [0.1, 0.15) is 37.3 Å². The van der Waals surface area contributed by atoms with Crippen LogP contribution in [0.2, 0.25) is 0 Å². The van der Waals surface area contributed by atoms with Crippen molar-refractivity contribution in [3.63, 3.8) is 0 Å². The minimum Gasteiger partial charge on any atom is -0.395 e. The van der Waals surface area contributed by atoms with Gasteiger partial charge in [-0.2, -0.15) is 13.2 Å². The molecule has 0 saturated heterocycles. The fraction of sp³-hybridized carbons (Fsp3) is 0.316. The normalized spacial score (nSPS) is 13.6. The lowest BCUT2D eigenvalue weighted by atomic mass is 10.0. The van der Waals surface area contributed by atoms with Crippen molar-refractivity contribution in [3.05, 3.63) is 59.7 Å². The van der Waals surface area contributed by atoms with E-state index in [1.807, 2.05) is 38.1 Å². The zero-order chi connectivity index (χ0) is 19.2. The summed E-state index contributed by atoms with van der Waals surface area (Å²) in [7, 11) is 0. The lowest BCUT2D eigenvalue weighted by Gasteiger charge is -2.15. The highest BCUT2D eigenvalue weighted by molar-refractivity contribution is 9.18. The van der Waals surface area contributed by atoms with E-state index in [4.69, 9.17) is 0 Å². The van der Waals surface area contributed by atoms with E-state index >= 15 is 0 Å². The summed E-state index contributed by atoms with van der Waals surface area (Å²) in [6.07, 6.45) is -3.39. The minimum absolute atomic E-state index is 0.296. The molecular weight excluding hydrogens is 409 g/mol. The molecule has 0 bridgehead atoms. The first-order chi connectivity index (χ1) is 12.3. The van der Waals surface area contributed by atoms with E-state index in [9.17, 15) is 13.2 Å². The summed E-state index contributed by atoms with van der Waals surface area (Å²) in [6.45, 7) is 4.83. The number of nitrogens with zero attached hydrogens (tertiary/aromatic N) is 1. The average molecular weight is 429 g/mol. The predicted molar refractivity (Wildman–Crippen MR) is 102 cm³/mol. The van der Waals surface area contributed by atoms with Crippen LogP contribution in [0.3, 0.4) is 0 Å². The van der Waals surface area contributed by atoms with E-state index in [0.717, 1.165) is 41.0 Å². The standard InChI is InChI=1S/C16H16F3N.C3H4BrNO/c1-11(2)14-8-3-4-9-15(14)20-13-7-5-6-12(10-13)16(17,18)19;4-3-1-2-6-5-3/h3-11,20H,1-2H3;1-2H2. The van der Waals surface area contributed by atoms with E-state index in [1.54, 1.807) is 6.07 Å². The lowest BCUT2D eigenvalue weighted by molar-refractivity contribution is -0.137. The zero-order valence-electron chi connectivity index (χ0n) is 14.5. The highest BCUT2D eigenvalue weighted by Gasteiger charge is 2.30. The van der Waals surface area contributed by atoms with Crippen LogP contribution in [0, 0.1) is 0 Å². The third-order valence-corrected chi connectivity index (χ3v) is 4.16. The summed E-state index contributed by atoms with van der Waals surface area (Å²) < 4.78 is 39.0. The van der Waals surface area contributed by atoms with Crippen LogP contribution in [-0.4, -0.2) is 11.2 Å².